The van der Waals surface area contributed by atoms with Crippen LogP contribution in [0.25, 0.3) is 0 Å². The van der Waals surface area contributed by atoms with Crippen molar-refractivity contribution in [2.75, 3.05) is 31.7 Å². The summed E-state index contributed by atoms with van der Waals surface area (Å²) in [4.78, 5) is 12.1. The minimum Gasteiger partial charge on any atom is -0.394 e. The van der Waals surface area contributed by atoms with Gasteiger partial charge in [0.25, 0.3) is 0 Å². The highest BCUT2D eigenvalue weighted by molar-refractivity contribution is 5.89. The van der Waals surface area contributed by atoms with Crippen LogP contribution in [-0.4, -0.2) is 43.6 Å². The van der Waals surface area contributed by atoms with Gasteiger partial charge in [0.1, 0.15) is 0 Å². The smallest absolute Gasteiger partial charge is 0.319 e. The molecular formula is C18H30N2O4. The minimum absolute atomic E-state index is 0.0733. The zero-order valence-corrected chi connectivity index (χ0v) is 14.9. The Morgan fingerprint density at radius 3 is 2.67 bits per heavy atom. The number of carbonyl (C=O) groups excluding carboxylic acids is 1. The lowest BCUT2D eigenvalue weighted by atomic mass is 10.0. The first-order valence-electron chi connectivity index (χ1n) is 8.53. The van der Waals surface area contributed by atoms with E-state index < -0.39 is 0 Å². The van der Waals surface area contributed by atoms with Crippen LogP contribution in [0.1, 0.15) is 32.8 Å². The van der Waals surface area contributed by atoms with Crippen LogP contribution in [0, 0.1) is 5.92 Å². The van der Waals surface area contributed by atoms with E-state index in [1.807, 2.05) is 45.0 Å². The first-order chi connectivity index (χ1) is 11.6. The fourth-order valence-electron chi connectivity index (χ4n) is 2.18. The molecule has 136 valence electrons. The number of urea groups is 1. The maximum Gasteiger partial charge on any atom is 0.319 e. The lowest BCUT2D eigenvalue weighted by Gasteiger charge is -2.22. The van der Waals surface area contributed by atoms with Crippen LogP contribution in [0.5, 0.6) is 0 Å². The molecule has 1 aromatic rings. The Balaban J connectivity index is 2.46. The number of carbonyl (C=O) groups is 1. The molecule has 1 rings (SSSR count). The summed E-state index contributed by atoms with van der Waals surface area (Å²) < 4.78 is 10.7. The van der Waals surface area contributed by atoms with Gasteiger partial charge >= 0.3 is 6.03 Å². The van der Waals surface area contributed by atoms with E-state index in [9.17, 15) is 9.90 Å². The van der Waals surface area contributed by atoms with Gasteiger partial charge in [-0.2, -0.15) is 0 Å². The van der Waals surface area contributed by atoms with Gasteiger partial charge in [-0.25, -0.2) is 4.79 Å². The number of aliphatic hydroxyl groups is 1. The van der Waals surface area contributed by atoms with Crippen molar-refractivity contribution in [3.05, 3.63) is 29.8 Å². The third kappa shape index (κ3) is 7.77. The second kappa shape index (κ2) is 11.8. The van der Waals surface area contributed by atoms with E-state index in [-0.39, 0.29) is 24.6 Å². The molecule has 0 heterocycles. The topological polar surface area (TPSA) is 79.8 Å². The number of amides is 2. The van der Waals surface area contributed by atoms with Gasteiger partial charge in [0.15, 0.2) is 0 Å². The number of rotatable bonds is 11. The van der Waals surface area contributed by atoms with Crippen molar-refractivity contribution in [3.63, 3.8) is 0 Å². The van der Waals surface area contributed by atoms with Crippen LogP contribution in [-0.2, 0) is 16.1 Å². The molecule has 0 aromatic heterocycles. The molecule has 24 heavy (non-hydrogen) atoms. The molecule has 0 aliphatic heterocycles. The largest absolute Gasteiger partial charge is 0.394 e. The van der Waals surface area contributed by atoms with E-state index in [1.54, 1.807) is 0 Å². The Morgan fingerprint density at radius 1 is 1.25 bits per heavy atom. The highest BCUT2D eigenvalue weighted by Crippen LogP contribution is 2.12. The lowest BCUT2D eigenvalue weighted by Crippen LogP contribution is -2.43. The molecule has 0 saturated carbocycles. The van der Waals surface area contributed by atoms with Gasteiger partial charge in [0.2, 0.25) is 0 Å². The molecule has 1 aromatic carbocycles. The molecule has 0 aliphatic rings. The van der Waals surface area contributed by atoms with E-state index in [2.05, 4.69) is 10.6 Å². The molecule has 0 aliphatic carbocycles. The van der Waals surface area contributed by atoms with E-state index in [1.165, 1.54) is 0 Å². The summed E-state index contributed by atoms with van der Waals surface area (Å²) in [5.41, 5.74) is 1.67. The van der Waals surface area contributed by atoms with Gasteiger partial charge in [0, 0.05) is 12.3 Å². The highest BCUT2D eigenvalue weighted by atomic mass is 16.5. The van der Waals surface area contributed by atoms with Gasteiger partial charge < -0.3 is 25.2 Å². The molecule has 0 bridgehead atoms. The van der Waals surface area contributed by atoms with Crippen molar-refractivity contribution in [1.82, 2.24) is 5.32 Å². The van der Waals surface area contributed by atoms with Crippen LogP contribution in [0.15, 0.2) is 24.3 Å². The fraction of sp³-hybridized carbons (Fsp3) is 0.611. The molecule has 0 fully saturated rings. The van der Waals surface area contributed by atoms with Crippen molar-refractivity contribution >= 4 is 11.7 Å². The Morgan fingerprint density at radius 2 is 2.00 bits per heavy atom. The number of nitrogens with one attached hydrogen (secondary N) is 2. The fourth-order valence-corrected chi connectivity index (χ4v) is 2.18. The normalized spacial score (nSPS) is 13.3. The van der Waals surface area contributed by atoms with Gasteiger partial charge in [0.05, 0.1) is 32.5 Å². The molecule has 0 unspecified atom stereocenters. The first-order valence-corrected chi connectivity index (χ1v) is 8.53. The SMILES string of the molecule is CCOCCOCc1cccc(NC(=O)N[C@@H](CO)[C@H](C)CC)c1. The van der Waals surface area contributed by atoms with Crippen molar-refractivity contribution in [3.8, 4) is 0 Å². The van der Waals surface area contributed by atoms with E-state index >= 15 is 0 Å². The van der Waals surface area contributed by atoms with E-state index in [4.69, 9.17) is 9.47 Å². The summed E-state index contributed by atoms with van der Waals surface area (Å²) in [5, 5.41) is 15.0. The summed E-state index contributed by atoms with van der Waals surface area (Å²) in [5.74, 6) is 0.214. The number of ether oxygens (including phenoxy) is 2. The van der Waals surface area contributed by atoms with Crippen LogP contribution < -0.4 is 10.6 Å². The van der Waals surface area contributed by atoms with Crippen LogP contribution in [0.2, 0.25) is 0 Å². The van der Waals surface area contributed by atoms with Crippen molar-refractivity contribution in [2.24, 2.45) is 5.92 Å². The average molecular weight is 338 g/mol. The number of aliphatic hydroxyl groups excluding tert-OH is 1. The van der Waals surface area contributed by atoms with Crippen molar-refractivity contribution in [2.45, 2.75) is 39.8 Å². The summed E-state index contributed by atoms with van der Waals surface area (Å²) >= 11 is 0. The Kier molecular flexibility index (Phi) is 10.1. The third-order valence-electron chi connectivity index (χ3n) is 3.87. The van der Waals surface area contributed by atoms with Crippen molar-refractivity contribution < 1.29 is 19.4 Å². The van der Waals surface area contributed by atoms with E-state index in [0.29, 0.717) is 32.1 Å². The van der Waals surface area contributed by atoms with Gasteiger partial charge in [-0.05, 0) is 30.5 Å². The number of anilines is 1. The molecule has 6 heteroatoms. The molecule has 2 amide bonds. The third-order valence-corrected chi connectivity index (χ3v) is 3.87. The zero-order chi connectivity index (χ0) is 17.8. The van der Waals surface area contributed by atoms with Gasteiger partial charge in [-0.3, -0.25) is 0 Å². The predicted octanol–water partition coefficient (Wildman–Crippen LogP) is 2.77. The van der Waals surface area contributed by atoms with Gasteiger partial charge in [-0.1, -0.05) is 32.4 Å². The second-order valence-corrected chi connectivity index (χ2v) is 5.72. The summed E-state index contributed by atoms with van der Waals surface area (Å²) in [6.45, 7) is 8.18. The molecule has 0 radical (unpaired) electrons. The first kappa shape index (κ1) is 20.4. The highest BCUT2D eigenvalue weighted by Gasteiger charge is 2.17. The quantitative estimate of drug-likeness (QED) is 0.542. The maximum atomic E-state index is 12.1. The average Bonchev–Trinajstić information content (AvgIpc) is 2.59. The number of hydrogen-bond donors (Lipinski definition) is 3. The van der Waals surface area contributed by atoms with Crippen molar-refractivity contribution in [1.29, 1.82) is 0 Å². The number of hydrogen-bond acceptors (Lipinski definition) is 4. The zero-order valence-electron chi connectivity index (χ0n) is 14.9. The van der Waals surface area contributed by atoms with Crippen LogP contribution in [0.4, 0.5) is 10.5 Å². The van der Waals surface area contributed by atoms with Crippen LogP contribution in [0.3, 0.4) is 0 Å². The summed E-state index contributed by atoms with van der Waals surface area (Å²) in [7, 11) is 0. The molecule has 0 saturated heterocycles. The molecule has 0 spiro atoms. The predicted molar refractivity (Wildman–Crippen MR) is 95.1 cm³/mol. The molecule has 6 nitrogen and oxygen atoms in total. The Labute approximate surface area is 144 Å². The Bertz CT molecular complexity index is 482. The molecule has 3 N–H and O–H groups in total. The molecule has 2 atom stereocenters. The number of benzene rings is 1. The second-order valence-electron chi connectivity index (χ2n) is 5.72. The minimum atomic E-state index is -0.316. The Hall–Kier alpha value is -1.63. The molecular weight excluding hydrogens is 308 g/mol. The van der Waals surface area contributed by atoms with Crippen LogP contribution >= 0.6 is 0 Å². The van der Waals surface area contributed by atoms with E-state index in [0.717, 1.165) is 12.0 Å². The standard InChI is InChI=1S/C18H30N2O4/c1-4-14(3)17(12-21)20-18(22)19-16-8-6-7-15(11-16)13-24-10-9-23-5-2/h6-8,11,14,17,21H,4-5,9-10,12-13H2,1-3H3,(H2,19,20,22)/t14-,17+/m1/s1. The summed E-state index contributed by atoms with van der Waals surface area (Å²) in [6.07, 6.45) is 0.889. The summed E-state index contributed by atoms with van der Waals surface area (Å²) in [6, 6.07) is 6.94. The lowest BCUT2D eigenvalue weighted by molar-refractivity contribution is 0.0453. The van der Waals surface area contributed by atoms with Gasteiger partial charge in [-0.15, -0.1) is 0 Å². The maximum absolute atomic E-state index is 12.1. The monoisotopic (exact) mass is 338 g/mol.